The Morgan fingerprint density at radius 3 is 2.33 bits per heavy atom. The van der Waals surface area contributed by atoms with Crippen molar-refractivity contribution in [1.29, 1.82) is 0 Å². The van der Waals surface area contributed by atoms with Crippen molar-refractivity contribution in [2.24, 2.45) is 5.41 Å². The van der Waals surface area contributed by atoms with E-state index in [1.165, 1.54) is 18.3 Å². The molecule has 0 spiro atoms. The third-order valence-electron chi connectivity index (χ3n) is 9.60. The van der Waals surface area contributed by atoms with Gasteiger partial charge in [-0.3, -0.25) is 0 Å². The first-order valence-electron chi connectivity index (χ1n) is 14.7. The van der Waals surface area contributed by atoms with Crippen LogP contribution in [0.2, 0.25) is 0 Å². The molecule has 0 amide bonds. The molecule has 1 N–H and O–H groups in total. The number of halogens is 3. The molecule has 4 aromatic rings. The van der Waals surface area contributed by atoms with Crippen molar-refractivity contribution in [1.82, 2.24) is 10.1 Å². The van der Waals surface area contributed by atoms with Gasteiger partial charge in [0, 0.05) is 33.2 Å². The predicted molar refractivity (Wildman–Crippen MR) is 151 cm³/mol. The lowest BCUT2D eigenvalue weighted by molar-refractivity contribution is -0.150. The van der Waals surface area contributed by atoms with Crippen LogP contribution >= 0.6 is 0 Å². The molecular formula is C33H31F3N2O5. The van der Waals surface area contributed by atoms with E-state index in [1.54, 1.807) is 18.2 Å². The van der Waals surface area contributed by atoms with E-state index in [9.17, 15) is 23.1 Å². The van der Waals surface area contributed by atoms with Crippen LogP contribution in [-0.2, 0) is 17.5 Å². The molecule has 0 atom stereocenters. The summed E-state index contributed by atoms with van der Waals surface area (Å²) in [5.74, 6) is 0.310. The highest BCUT2D eigenvalue weighted by atomic mass is 19.4. The van der Waals surface area contributed by atoms with Gasteiger partial charge in [-0.05, 0) is 57.4 Å². The summed E-state index contributed by atoms with van der Waals surface area (Å²) in [4.78, 5) is 15.8. The summed E-state index contributed by atoms with van der Waals surface area (Å²) in [5, 5.41) is 14.9. The number of fused-ring (bicyclic) bond motifs is 4. The average molecular weight is 593 g/mol. The number of benzene rings is 2. The number of rotatable bonds is 9. The van der Waals surface area contributed by atoms with E-state index in [0.29, 0.717) is 29.1 Å². The summed E-state index contributed by atoms with van der Waals surface area (Å²) in [6, 6.07) is 12.7. The third-order valence-corrected chi connectivity index (χ3v) is 9.60. The monoisotopic (exact) mass is 592 g/mol. The Morgan fingerprint density at radius 2 is 1.65 bits per heavy atom. The highest BCUT2D eigenvalue weighted by Crippen LogP contribution is 2.55. The molecule has 7 nitrogen and oxygen atoms in total. The molecule has 0 radical (unpaired) electrons. The fourth-order valence-corrected chi connectivity index (χ4v) is 6.85. The number of hydrogen-bond acceptors (Lipinski definition) is 6. The van der Waals surface area contributed by atoms with Gasteiger partial charge in [-0.25, -0.2) is 9.78 Å². The van der Waals surface area contributed by atoms with Crippen LogP contribution in [0.3, 0.4) is 0 Å². The Labute approximate surface area is 246 Å². The van der Waals surface area contributed by atoms with Gasteiger partial charge in [0.05, 0.1) is 30.6 Å². The van der Waals surface area contributed by atoms with Crippen molar-refractivity contribution >= 4 is 16.7 Å². The van der Waals surface area contributed by atoms with E-state index >= 15 is 0 Å². The molecule has 2 heterocycles. The Balaban J connectivity index is 1.06. The van der Waals surface area contributed by atoms with Crippen LogP contribution in [0, 0.1) is 5.41 Å². The molecule has 4 fully saturated rings. The number of alkyl halides is 3. The number of carbonyl (C=O) groups is 1. The SMILES string of the molecule is O=C(O)c1ncc(OCC23CCC(OCc4c(-c5ccccc5C(F)(F)F)noc4C4CC4)(CC2)CC3)c2ccccc12. The number of hydrogen-bond donors (Lipinski definition) is 1. The van der Waals surface area contributed by atoms with E-state index in [-0.39, 0.29) is 40.5 Å². The van der Waals surface area contributed by atoms with Crippen molar-refractivity contribution < 1.29 is 37.1 Å². The summed E-state index contributed by atoms with van der Waals surface area (Å²) in [6.45, 7) is 0.658. The quantitative estimate of drug-likeness (QED) is 0.209. The second-order valence-corrected chi connectivity index (χ2v) is 12.3. The van der Waals surface area contributed by atoms with Crippen molar-refractivity contribution in [3.8, 4) is 17.0 Å². The standard InChI is InChI=1S/C33H31F3N2O5/c34-33(35,36)25-8-4-3-7-23(25)27-24(29(43-38-27)20-9-10-20)18-42-32-14-11-31(12-15-32,13-16-32)19-41-26-17-37-28(30(39)40)22-6-2-1-5-21(22)26/h1-8,17,20H,9-16,18-19H2,(H,39,40). The molecule has 8 rings (SSSR count). The van der Waals surface area contributed by atoms with Crippen LogP contribution < -0.4 is 4.74 Å². The molecule has 4 saturated carbocycles. The average Bonchev–Trinajstić information content (AvgIpc) is 3.78. The van der Waals surface area contributed by atoms with E-state index in [4.69, 9.17) is 14.0 Å². The molecular weight excluding hydrogens is 561 g/mol. The van der Waals surface area contributed by atoms with Gasteiger partial charge in [0.1, 0.15) is 17.2 Å². The maximum Gasteiger partial charge on any atom is 0.417 e. The zero-order valence-electron chi connectivity index (χ0n) is 23.5. The summed E-state index contributed by atoms with van der Waals surface area (Å²) in [5.41, 5.74) is -0.239. The molecule has 2 aromatic carbocycles. The first kappa shape index (κ1) is 27.9. The first-order valence-corrected chi connectivity index (χ1v) is 14.7. The summed E-state index contributed by atoms with van der Waals surface area (Å²) in [7, 11) is 0. The predicted octanol–water partition coefficient (Wildman–Crippen LogP) is 8.17. The van der Waals surface area contributed by atoms with Crippen LogP contribution in [-0.4, -0.2) is 33.4 Å². The zero-order chi connectivity index (χ0) is 29.8. The van der Waals surface area contributed by atoms with E-state index in [1.807, 2.05) is 12.1 Å². The van der Waals surface area contributed by atoms with Crippen molar-refractivity contribution in [2.75, 3.05) is 6.61 Å². The molecule has 4 aliphatic carbocycles. The van der Waals surface area contributed by atoms with Gasteiger partial charge in [-0.1, -0.05) is 47.6 Å². The van der Waals surface area contributed by atoms with E-state index < -0.39 is 17.7 Å². The topological polar surface area (TPSA) is 94.7 Å². The van der Waals surface area contributed by atoms with E-state index in [0.717, 1.165) is 62.8 Å². The largest absolute Gasteiger partial charge is 0.491 e. The molecule has 0 aliphatic heterocycles. The van der Waals surface area contributed by atoms with E-state index in [2.05, 4.69) is 10.1 Å². The van der Waals surface area contributed by atoms with Gasteiger partial charge in [0.25, 0.3) is 0 Å². The lowest BCUT2D eigenvalue weighted by atomic mass is 9.59. The number of nitrogens with zero attached hydrogens (tertiary/aromatic N) is 2. The minimum Gasteiger partial charge on any atom is -0.491 e. The molecule has 224 valence electrons. The fraction of sp³-hybridized carbons (Fsp3) is 0.424. The number of ether oxygens (including phenoxy) is 2. The third kappa shape index (κ3) is 5.15. The van der Waals surface area contributed by atoms with Crippen LogP contribution in [0.1, 0.15) is 84.7 Å². The fourth-order valence-electron chi connectivity index (χ4n) is 6.85. The number of carboxylic acids is 1. The Bertz CT molecular complexity index is 1670. The molecule has 2 bridgehead atoms. The molecule has 0 unspecified atom stereocenters. The van der Waals surface area contributed by atoms with Gasteiger partial charge in [-0.2, -0.15) is 13.2 Å². The lowest BCUT2D eigenvalue weighted by Crippen LogP contribution is -2.49. The summed E-state index contributed by atoms with van der Waals surface area (Å²) < 4.78 is 60.1. The van der Waals surface area contributed by atoms with Crippen LogP contribution in [0.5, 0.6) is 5.75 Å². The summed E-state index contributed by atoms with van der Waals surface area (Å²) >= 11 is 0. The Hall–Kier alpha value is -3.92. The number of aromatic carboxylic acids is 1. The normalized spacial score (nSPS) is 23.5. The van der Waals surface area contributed by atoms with Crippen molar-refractivity contribution in [3.63, 3.8) is 0 Å². The first-order chi connectivity index (χ1) is 20.7. The highest BCUT2D eigenvalue weighted by molar-refractivity contribution is 6.03. The molecule has 4 aliphatic rings. The maximum absolute atomic E-state index is 13.8. The molecule has 43 heavy (non-hydrogen) atoms. The van der Waals surface area contributed by atoms with Gasteiger partial charge in [0.2, 0.25) is 0 Å². The number of aromatic nitrogens is 2. The maximum atomic E-state index is 13.8. The Morgan fingerprint density at radius 1 is 0.977 bits per heavy atom. The number of pyridine rings is 1. The minimum atomic E-state index is -4.51. The second kappa shape index (κ2) is 10.4. The second-order valence-electron chi connectivity index (χ2n) is 12.3. The van der Waals surface area contributed by atoms with Gasteiger partial charge in [-0.15, -0.1) is 0 Å². The van der Waals surface area contributed by atoms with Crippen molar-refractivity contribution in [2.45, 2.75) is 75.7 Å². The minimum absolute atomic E-state index is 0.00101. The van der Waals surface area contributed by atoms with Gasteiger partial charge < -0.3 is 19.1 Å². The zero-order valence-corrected chi connectivity index (χ0v) is 23.5. The smallest absolute Gasteiger partial charge is 0.417 e. The summed E-state index contributed by atoms with van der Waals surface area (Å²) in [6.07, 6.45) is 4.01. The van der Waals surface area contributed by atoms with Crippen LogP contribution in [0.25, 0.3) is 22.0 Å². The highest BCUT2D eigenvalue weighted by Gasteiger charge is 2.50. The van der Waals surface area contributed by atoms with Gasteiger partial charge in [0.15, 0.2) is 5.69 Å². The van der Waals surface area contributed by atoms with Gasteiger partial charge >= 0.3 is 12.1 Å². The molecule has 10 heteroatoms. The molecule has 2 aromatic heterocycles. The van der Waals surface area contributed by atoms with Crippen LogP contribution in [0.4, 0.5) is 13.2 Å². The van der Waals surface area contributed by atoms with Crippen LogP contribution in [0.15, 0.2) is 59.3 Å². The number of carboxylic acid groups (broad SMARTS) is 1. The molecule has 0 saturated heterocycles. The van der Waals surface area contributed by atoms with Crippen molar-refractivity contribution in [3.05, 3.63) is 77.3 Å². The lowest BCUT2D eigenvalue weighted by Gasteiger charge is -2.52. The Kier molecular flexibility index (Phi) is 6.72.